The second-order valence-electron chi connectivity index (χ2n) is 5.42. The van der Waals surface area contributed by atoms with Gasteiger partial charge in [-0.25, -0.2) is 0 Å². The van der Waals surface area contributed by atoms with Crippen LogP contribution in [0, 0.1) is 5.92 Å². The van der Waals surface area contributed by atoms with Crippen molar-refractivity contribution >= 4 is 0 Å². The molecule has 0 aliphatic carbocycles. The first-order chi connectivity index (χ1) is 10.2. The number of aromatic hydroxyl groups is 1. The van der Waals surface area contributed by atoms with Gasteiger partial charge in [0.2, 0.25) is 0 Å². The molecule has 0 saturated heterocycles. The maximum Gasteiger partial charge on any atom is 0.123 e. The largest absolute Gasteiger partial charge is 0.508 e. The second-order valence-corrected chi connectivity index (χ2v) is 5.42. The van der Waals surface area contributed by atoms with E-state index in [2.05, 4.69) is 13.8 Å². The molecule has 1 aromatic rings. The lowest BCUT2D eigenvalue weighted by molar-refractivity contribution is -0.00111. The van der Waals surface area contributed by atoms with Gasteiger partial charge < -0.3 is 19.7 Å². The van der Waals surface area contributed by atoms with E-state index in [9.17, 15) is 10.2 Å². The summed E-state index contributed by atoms with van der Waals surface area (Å²) in [6.07, 6.45) is 4.07. The van der Waals surface area contributed by atoms with Crippen molar-refractivity contribution in [3.05, 3.63) is 24.3 Å². The van der Waals surface area contributed by atoms with E-state index in [1.54, 1.807) is 18.2 Å². The number of aliphatic hydroxyl groups is 1. The number of phenolic OH excluding ortho intramolecular Hbond substituents is 1. The number of benzene rings is 1. The summed E-state index contributed by atoms with van der Waals surface area (Å²) in [5.74, 6) is 1.27. The van der Waals surface area contributed by atoms with Crippen LogP contribution < -0.4 is 4.74 Å². The molecule has 0 spiro atoms. The van der Waals surface area contributed by atoms with Crippen molar-refractivity contribution in [1.29, 1.82) is 0 Å². The lowest BCUT2D eigenvalue weighted by atomic mass is 10.0. The molecule has 0 aromatic heterocycles. The van der Waals surface area contributed by atoms with E-state index in [1.807, 2.05) is 0 Å². The Balaban J connectivity index is 2.17. The third kappa shape index (κ3) is 7.93. The van der Waals surface area contributed by atoms with Crippen LogP contribution in [0.1, 0.15) is 39.5 Å². The maximum absolute atomic E-state index is 9.83. The number of aliphatic hydroxyl groups excluding tert-OH is 1. The highest BCUT2D eigenvalue weighted by Crippen LogP contribution is 2.18. The van der Waals surface area contributed by atoms with Gasteiger partial charge in [-0.1, -0.05) is 39.2 Å². The van der Waals surface area contributed by atoms with Crippen LogP contribution in [-0.4, -0.2) is 36.1 Å². The van der Waals surface area contributed by atoms with E-state index in [1.165, 1.54) is 25.3 Å². The molecule has 2 atom stereocenters. The highest BCUT2D eigenvalue weighted by atomic mass is 16.5. The quantitative estimate of drug-likeness (QED) is 0.657. The average Bonchev–Trinajstić information content (AvgIpc) is 2.48. The monoisotopic (exact) mass is 296 g/mol. The highest BCUT2D eigenvalue weighted by molar-refractivity contribution is 5.31. The van der Waals surface area contributed by atoms with Crippen LogP contribution in [0.4, 0.5) is 0 Å². The van der Waals surface area contributed by atoms with Crippen LogP contribution in [0.2, 0.25) is 0 Å². The average molecular weight is 296 g/mol. The lowest BCUT2D eigenvalue weighted by Crippen LogP contribution is -2.25. The second kappa shape index (κ2) is 10.5. The summed E-state index contributed by atoms with van der Waals surface area (Å²) in [5, 5.41) is 19.1. The molecular weight excluding hydrogens is 268 g/mol. The van der Waals surface area contributed by atoms with Gasteiger partial charge in [-0.3, -0.25) is 0 Å². The molecule has 0 amide bonds. The Kier molecular flexibility index (Phi) is 8.87. The molecule has 0 fully saturated rings. The maximum atomic E-state index is 9.83. The van der Waals surface area contributed by atoms with Crippen molar-refractivity contribution in [3.8, 4) is 11.5 Å². The van der Waals surface area contributed by atoms with Gasteiger partial charge >= 0.3 is 0 Å². The number of hydrogen-bond acceptors (Lipinski definition) is 4. The summed E-state index contributed by atoms with van der Waals surface area (Å²) in [6, 6.07) is 6.54. The van der Waals surface area contributed by atoms with E-state index in [0.717, 1.165) is 6.42 Å². The Morgan fingerprint density at radius 2 is 1.95 bits per heavy atom. The van der Waals surface area contributed by atoms with Gasteiger partial charge in [0.15, 0.2) is 0 Å². The van der Waals surface area contributed by atoms with Crippen molar-refractivity contribution in [2.45, 2.75) is 45.6 Å². The van der Waals surface area contributed by atoms with E-state index in [4.69, 9.17) is 9.47 Å². The van der Waals surface area contributed by atoms with E-state index >= 15 is 0 Å². The van der Waals surface area contributed by atoms with Crippen molar-refractivity contribution in [2.24, 2.45) is 5.92 Å². The van der Waals surface area contributed by atoms with Gasteiger partial charge in [-0.2, -0.15) is 0 Å². The number of ether oxygens (including phenoxy) is 2. The predicted octanol–water partition coefficient (Wildman–Crippen LogP) is 3.36. The Bertz CT molecular complexity index is 381. The fraction of sp³-hybridized carbons (Fsp3) is 0.647. The number of unbranched alkanes of at least 4 members (excludes halogenated alkanes) is 1. The summed E-state index contributed by atoms with van der Waals surface area (Å²) in [6.45, 7) is 5.50. The minimum absolute atomic E-state index is 0.153. The Morgan fingerprint density at radius 3 is 2.62 bits per heavy atom. The molecule has 0 radical (unpaired) electrons. The topological polar surface area (TPSA) is 58.9 Å². The van der Waals surface area contributed by atoms with Crippen molar-refractivity contribution in [1.82, 2.24) is 0 Å². The molecule has 1 rings (SSSR count). The van der Waals surface area contributed by atoms with Crippen LogP contribution in [-0.2, 0) is 4.74 Å². The summed E-state index contributed by atoms with van der Waals surface area (Å²) in [7, 11) is 0. The Labute approximate surface area is 127 Å². The fourth-order valence-corrected chi connectivity index (χ4v) is 2.08. The molecule has 1 aromatic carbocycles. The van der Waals surface area contributed by atoms with Crippen LogP contribution in [0.5, 0.6) is 11.5 Å². The van der Waals surface area contributed by atoms with Crippen molar-refractivity contribution in [3.63, 3.8) is 0 Å². The first-order valence-corrected chi connectivity index (χ1v) is 7.83. The zero-order chi connectivity index (χ0) is 15.5. The number of phenols is 1. The molecule has 2 N–H and O–H groups in total. The molecule has 21 heavy (non-hydrogen) atoms. The smallest absolute Gasteiger partial charge is 0.123 e. The fourth-order valence-electron chi connectivity index (χ4n) is 2.08. The summed E-state index contributed by atoms with van der Waals surface area (Å²) >= 11 is 0. The first-order valence-electron chi connectivity index (χ1n) is 7.83. The van der Waals surface area contributed by atoms with Gasteiger partial charge in [0.25, 0.3) is 0 Å². The molecule has 0 bridgehead atoms. The highest BCUT2D eigenvalue weighted by Gasteiger charge is 2.09. The van der Waals surface area contributed by atoms with Gasteiger partial charge in [0.1, 0.15) is 24.2 Å². The Morgan fingerprint density at radius 1 is 1.14 bits per heavy atom. The molecule has 0 aliphatic heterocycles. The van der Waals surface area contributed by atoms with E-state index < -0.39 is 6.10 Å². The lowest BCUT2D eigenvalue weighted by Gasteiger charge is -2.17. The molecule has 4 nitrogen and oxygen atoms in total. The van der Waals surface area contributed by atoms with Gasteiger partial charge in [0, 0.05) is 12.7 Å². The van der Waals surface area contributed by atoms with Crippen molar-refractivity contribution < 1.29 is 19.7 Å². The van der Waals surface area contributed by atoms with Crippen LogP contribution in [0.15, 0.2) is 24.3 Å². The zero-order valence-corrected chi connectivity index (χ0v) is 13.1. The minimum atomic E-state index is -0.656. The van der Waals surface area contributed by atoms with E-state index in [0.29, 0.717) is 18.3 Å². The summed E-state index contributed by atoms with van der Waals surface area (Å²) in [4.78, 5) is 0. The standard InChI is InChI=1S/C17H28O4/c1-3-5-7-14(4-2)11-20-12-16(19)13-21-17-9-6-8-15(18)10-17/h6,8-10,14,16,18-19H,3-5,7,11-13H2,1-2H3. The number of hydrogen-bond donors (Lipinski definition) is 2. The van der Waals surface area contributed by atoms with Crippen LogP contribution in [0.25, 0.3) is 0 Å². The van der Waals surface area contributed by atoms with Gasteiger partial charge in [-0.05, 0) is 24.5 Å². The summed E-state index contributed by atoms with van der Waals surface area (Å²) < 4.78 is 11.0. The summed E-state index contributed by atoms with van der Waals surface area (Å²) in [5.41, 5.74) is 0. The molecule has 0 saturated carbocycles. The Hall–Kier alpha value is -1.26. The molecule has 0 aliphatic rings. The van der Waals surface area contributed by atoms with Crippen molar-refractivity contribution in [2.75, 3.05) is 19.8 Å². The third-order valence-corrected chi connectivity index (χ3v) is 3.47. The van der Waals surface area contributed by atoms with Crippen LogP contribution >= 0.6 is 0 Å². The predicted molar refractivity (Wildman–Crippen MR) is 83.7 cm³/mol. The molecule has 120 valence electrons. The van der Waals surface area contributed by atoms with Gasteiger partial charge in [0.05, 0.1) is 6.61 Å². The minimum Gasteiger partial charge on any atom is -0.508 e. The van der Waals surface area contributed by atoms with Crippen LogP contribution in [0.3, 0.4) is 0 Å². The third-order valence-electron chi connectivity index (χ3n) is 3.47. The number of rotatable bonds is 11. The normalized spacial score (nSPS) is 13.9. The zero-order valence-electron chi connectivity index (χ0n) is 13.1. The molecule has 2 unspecified atom stereocenters. The van der Waals surface area contributed by atoms with E-state index in [-0.39, 0.29) is 19.0 Å². The first kappa shape index (κ1) is 17.8. The van der Waals surface area contributed by atoms with Gasteiger partial charge in [-0.15, -0.1) is 0 Å². The molecule has 0 heterocycles. The molecular formula is C17H28O4. The molecule has 4 heteroatoms. The SMILES string of the molecule is CCCCC(CC)COCC(O)COc1cccc(O)c1.